The number of carbonyl (C=O) groups excluding carboxylic acids is 1. The lowest BCUT2D eigenvalue weighted by Gasteiger charge is -2.36. The molecule has 2 atom stereocenters. The molecule has 0 aliphatic heterocycles. The third kappa shape index (κ3) is 2.04. The van der Waals surface area contributed by atoms with Gasteiger partial charge in [-0.25, -0.2) is 0 Å². The van der Waals surface area contributed by atoms with Crippen LogP contribution in [0.4, 0.5) is 0 Å². The summed E-state index contributed by atoms with van der Waals surface area (Å²) in [5.41, 5.74) is -1.23. The lowest BCUT2D eigenvalue weighted by molar-refractivity contribution is -0.140. The first-order chi connectivity index (χ1) is 7.78. The number of carbonyl (C=O) groups is 2. The summed E-state index contributed by atoms with van der Waals surface area (Å²) in [6.45, 7) is 3.81. The van der Waals surface area contributed by atoms with Gasteiger partial charge in [-0.2, -0.15) is 0 Å². The van der Waals surface area contributed by atoms with Crippen molar-refractivity contribution in [3.8, 4) is 0 Å². The molecule has 2 aliphatic rings. The molecular weight excluding hydrogens is 222 g/mol. The second-order valence-corrected chi connectivity index (χ2v) is 5.91. The predicted octanol–water partition coefficient (Wildman–Crippen LogP) is 0.374. The van der Waals surface area contributed by atoms with Gasteiger partial charge >= 0.3 is 5.97 Å². The van der Waals surface area contributed by atoms with Gasteiger partial charge < -0.3 is 15.5 Å². The van der Waals surface area contributed by atoms with E-state index in [1.54, 1.807) is 13.8 Å². The molecule has 2 unspecified atom stereocenters. The molecule has 0 bridgehead atoms. The number of aliphatic carboxylic acids is 1. The van der Waals surface area contributed by atoms with Gasteiger partial charge in [0.1, 0.15) is 0 Å². The van der Waals surface area contributed by atoms with Crippen molar-refractivity contribution in [1.29, 1.82) is 0 Å². The van der Waals surface area contributed by atoms with Crippen molar-refractivity contribution in [3.05, 3.63) is 0 Å². The van der Waals surface area contributed by atoms with Gasteiger partial charge in [0.2, 0.25) is 5.91 Å². The average Bonchev–Trinajstić information content (AvgIpc) is 2.75. The Balaban J connectivity index is 1.87. The first kappa shape index (κ1) is 12.4. The largest absolute Gasteiger partial charge is 0.481 e. The third-order valence-electron chi connectivity index (χ3n) is 4.25. The Morgan fingerprint density at radius 3 is 2.24 bits per heavy atom. The normalized spacial score (nSPS) is 32.4. The van der Waals surface area contributed by atoms with E-state index in [0.717, 1.165) is 6.42 Å². The zero-order valence-corrected chi connectivity index (χ0v) is 10.2. The van der Waals surface area contributed by atoms with Crippen LogP contribution in [-0.4, -0.2) is 34.2 Å². The molecule has 5 nitrogen and oxygen atoms in total. The maximum absolute atomic E-state index is 11.8. The van der Waals surface area contributed by atoms with Gasteiger partial charge in [-0.05, 0) is 24.7 Å². The molecule has 2 rings (SSSR count). The van der Waals surface area contributed by atoms with E-state index >= 15 is 0 Å². The van der Waals surface area contributed by atoms with Gasteiger partial charge in [0, 0.05) is 6.54 Å². The summed E-state index contributed by atoms with van der Waals surface area (Å²) in [6.07, 6.45) is 2.41. The molecular formula is C12H19NO4. The minimum atomic E-state index is -0.919. The Morgan fingerprint density at radius 1 is 1.29 bits per heavy atom. The highest BCUT2D eigenvalue weighted by molar-refractivity contribution is 5.91. The van der Waals surface area contributed by atoms with Gasteiger partial charge in [0.05, 0.1) is 17.4 Å². The Labute approximate surface area is 100 Å². The van der Waals surface area contributed by atoms with Gasteiger partial charge in [0.15, 0.2) is 0 Å². The third-order valence-corrected chi connectivity index (χ3v) is 4.25. The number of aliphatic hydroxyl groups is 1. The number of hydrogen-bond donors (Lipinski definition) is 3. The van der Waals surface area contributed by atoms with Crippen LogP contribution in [-0.2, 0) is 9.59 Å². The van der Waals surface area contributed by atoms with E-state index in [2.05, 4.69) is 5.32 Å². The van der Waals surface area contributed by atoms with Gasteiger partial charge in [-0.1, -0.05) is 13.8 Å². The molecule has 2 saturated carbocycles. The molecule has 96 valence electrons. The molecule has 3 N–H and O–H groups in total. The standard InChI is InChI=1S/C12H19NO4/c1-11(2)7(8(11)10(15)16)9(14)13-6-12(17)4-3-5-12/h7-8,17H,3-6H2,1-2H3,(H,13,14)(H,15,16). The van der Waals surface area contributed by atoms with Crippen LogP contribution >= 0.6 is 0 Å². The Morgan fingerprint density at radius 2 is 1.88 bits per heavy atom. The van der Waals surface area contributed by atoms with E-state index in [1.165, 1.54) is 0 Å². The van der Waals surface area contributed by atoms with Crippen LogP contribution in [0.25, 0.3) is 0 Å². The van der Waals surface area contributed by atoms with Crippen LogP contribution < -0.4 is 5.32 Å². The molecule has 0 aromatic carbocycles. The lowest BCUT2D eigenvalue weighted by Crippen LogP contribution is -2.48. The lowest BCUT2D eigenvalue weighted by atomic mass is 9.80. The van der Waals surface area contributed by atoms with E-state index in [-0.39, 0.29) is 12.5 Å². The van der Waals surface area contributed by atoms with Gasteiger partial charge in [-0.15, -0.1) is 0 Å². The van der Waals surface area contributed by atoms with Crippen LogP contribution in [0.2, 0.25) is 0 Å². The fourth-order valence-corrected chi connectivity index (χ4v) is 2.71. The van der Waals surface area contributed by atoms with Crippen molar-refractivity contribution in [2.24, 2.45) is 17.3 Å². The van der Waals surface area contributed by atoms with Crippen molar-refractivity contribution in [2.75, 3.05) is 6.54 Å². The molecule has 0 saturated heterocycles. The van der Waals surface area contributed by atoms with E-state index in [0.29, 0.717) is 12.8 Å². The summed E-state index contributed by atoms with van der Waals surface area (Å²) in [5, 5.41) is 21.5. The van der Waals surface area contributed by atoms with Crippen molar-refractivity contribution in [3.63, 3.8) is 0 Å². The quantitative estimate of drug-likeness (QED) is 0.664. The molecule has 0 spiro atoms. The van der Waals surface area contributed by atoms with Crippen LogP contribution in [0, 0.1) is 17.3 Å². The number of carboxylic acids is 1. The SMILES string of the molecule is CC1(C)C(C(=O)O)C1C(=O)NCC1(O)CCC1. The molecule has 17 heavy (non-hydrogen) atoms. The summed E-state index contributed by atoms with van der Waals surface area (Å²) in [4.78, 5) is 22.8. The minimum absolute atomic E-state index is 0.241. The van der Waals surface area contributed by atoms with E-state index in [9.17, 15) is 14.7 Å². The molecule has 0 heterocycles. The fraction of sp³-hybridized carbons (Fsp3) is 0.833. The van der Waals surface area contributed by atoms with Crippen molar-refractivity contribution in [1.82, 2.24) is 5.32 Å². The molecule has 5 heteroatoms. The summed E-state index contributed by atoms with van der Waals surface area (Å²) in [5.74, 6) is -2.23. The van der Waals surface area contributed by atoms with Gasteiger partial charge in [0.25, 0.3) is 0 Å². The van der Waals surface area contributed by atoms with Crippen molar-refractivity contribution in [2.45, 2.75) is 38.7 Å². The molecule has 0 aromatic rings. The maximum atomic E-state index is 11.8. The second-order valence-electron chi connectivity index (χ2n) is 5.91. The van der Waals surface area contributed by atoms with Crippen molar-refractivity contribution < 1.29 is 19.8 Å². The number of amides is 1. The highest BCUT2D eigenvalue weighted by Gasteiger charge is 2.65. The summed E-state index contributed by atoms with van der Waals surface area (Å²) in [6, 6.07) is 0. The van der Waals surface area contributed by atoms with Crippen molar-refractivity contribution >= 4 is 11.9 Å². The molecule has 2 fully saturated rings. The average molecular weight is 241 g/mol. The maximum Gasteiger partial charge on any atom is 0.307 e. The van der Waals surface area contributed by atoms with Crippen LogP contribution in [0.15, 0.2) is 0 Å². The van der Waals surface area contributed by atoms with Crippen LogP contribution in [0.1, 0.15) is 33.1 Å². The second kappa shape index (κ2) is 3.70. The first-order valence-corrected chi connectivity index (χ1v) is 6.01. The van der Waals surface area contributed by atoms with Crippen LogP contribution in [0.5, 0.6) is 0 Å². The molecule has 2 aliphatic carbocycles. The van der Waals surface area contributed by atoms with E-state index in [1.807, 2.05) is 0 Å². The number of nitrogens with one attached hydrogen (secondary N) is 1. The Bertz CT molecular complexity index is 360. The molecule has 0 radical (unpaired) electrons. The topological polar surface area (TPSA) is 86.6 Å². The van der Waals surface area contributed by atoms with E-state index in [4.69, 9.17) is 5.11 Å². The predicted molar refractivity (Wildman–Crippen MR) is 60.2 cm³/mol. The summed E-state index contributed by atoms with van der Waals surface area (Å²) in [7, 11) is 0. The van der Waals surface area contributed by atoms with E-state index < -0.39 is 28.8 Å². The number of carboxylic acid groups (broad SMARTS) is 1. The smallest absolute Gasteiger partial charge is 0.307 e. The number of rotatable bonds is 4. The summed E-state index contributed by atoms with van der Waals surface area (Å²) < 4.78 is 0. The Hall–Kier alpha value is -1.10. The molecule has 0 aromatic heterocycles. The zero-order valence-electron chi connectivity index (χ0n) is 10.2. The van der Waals surface area contributed by atoms with Crippen LogP contribution in [0.3, 0.4) is 0 Å². The van der Waals surface area contributed by atoms with Gasteiger partial charge in [-0.3, -0.25) is 9.59 Å². The molecule has 1 amide bonds. The summed E-state index contributed by atoms with van der Waals surface area (Å²) >= 11 is 0. The fourth-order valence-electron chi connectivity index (χ4n) is 2.71. The monoisotopic (exact) mass is 241 g/mol. The zero-order chi connectivity index (χ0) is 12.8. The number of hydrogen-bond acceptors (Lipinski definition) is 3. The minimum Gasteiger partial charge on any atom is -0.481 e. The highest BCUT2D eigenvalue weighted by Crippen LogP contribution is 2.58. The Kier molecular flexibility index (Phi) is 2.69. The first-order valence-electron chi connectivity index (χ1n) is 6.01. The highest BCUT2D eigenvalue weighted by atomic mass is 16.4.